The van der Waals surface area contributed by atoms with Crippen molar-refractivity contribution < 1.29 is 4.74 Å². The van der Waals surface area contributed by atoms with Crippen molar-refractivity contribution in [2.75, 3.05) is 32.6 Å². The van der Waals surface area contributed by atoms with Gasteiger partial charge in [0.25, 0.3) is 0 Å². The molecule has 0 saturated carbocycles. The summed E-state index contributed by atoms with van der Waals surface area (Å²) in [6, 6.07) is 8.92. The third-order valence-corrected chi connectivity index (χ3v) is 3.81. The van der Waals surface area contributed by atoms with Crippen LogP contribution in [-0.2, 0) is 4.74 Å². The molecule has 1 aromatic carbocycles. The summed E-state index contributed by atoms with van der Waals surface area (Å²) in [7, 11) is 1.75. The lowest BCUT2D eigenvalue weighted by Crippen LogP contribution is -2.19. The molecule has 0 amide bonds. The summed E-state index contributed by atoms with van der Waals surface area (Å²) in [5, 5.41) is 3.42. The monoisotopic (exact) mass is 267 g/mol. The first-order valence-electron chi connectivity index (χ1n) is 6.66. The summed E-state index contributed by atoms with van der Waals surface area (Å²) in [6.07, 6.45) is 1.09. The first kappa shape index (κ1) is 15.5. The van der Waals surface area contributed by atoms with Crippen molar-refractivity contribution >= 4 is 11.8 Å². The molecule has 0 atom stereocenters. The molecule has 0 unspecified atom stereocenters. The van der Waals surface area contributed by atoms with Gasteiger partial charge in [-0.1, -0.05) is 26.0 Å². The number of hydrogen-bond acceptors (Lipinski definition) is 3. The highest BCUT2D eigenvalue weighted by Crippen LogP contribution is 2.21. The number of thioether (sulfide) groups is 1. The van der Waals surface area contributed by atoms with Gasteiger partial charge in [-0.15, -0.1) is 11.8 Å². The normalized spacial score (nSPS) is 11.1. The Kier molecular flexibility index (Phi) is 8.14. The van der Waals surface area contributed by atoms with E-state index in [2.05, 4.69) is 43.4 Å². The molecule has 1 rings (SSSR count). The predicted octanol–water partition coefficient (Wildman–Crippen LogP) is 3.53. The van der Waals surface area contributed by atoms with E-state index in [9.17, 15) is 0 Å². The van der Waals surface area contributed by atoms with Crippen LogP contribution in [0.4, 0.5) is 0 Å². The van der Waals surface area contributed by atoms with Crippen LogP contribution in [0.2, 0.25) is 0 Å². The fraction of sp³-hybridized carbons (Fsp3) is 0.600. The Morgan fingerprint density at radius 2 is 1.89 bits per heavy atom. The van der Waals surface area contributed by atoms with Crippen LogP contribution in [0.25, 0.3) is 0 Å². The summed E-state index contributed by atoms with van der Waals surface area (Å²) in [4.78, 5) is 1.36. The summed E-state index contributed by atoms with van der Waals surface area (Å²) in [6.45, 7) is 7.40. The molecule has 0 spiro atoms. The fourth-order valence-electron chi connectivity index (χ4n) is 1.66. The van der Waals surface area contributed by atoms with E-state index in [-0.39, 0.29) is 0 Å². The Bertz CT molecular complexity index is 311. The molecular weight excluding hydrogens is 242 g/mol. The Labute approximate surface area is 116 Å². The number of benzene rings is 1. The van der Waals surface area contributed by atoms with E-state index in [4.69, 9.17) is 4.74 Å². The average molecular weight is 267 g/mol. The van der Waals surface area contributed by atoms with Crippen molar-refractivity contribution in [1.82, 2.24) is 5.32 Å². The van der Waals surface area contributed by atoms with Gasteiger partial charge < -0.3 is 10.1 Å². The van der Waals surface area contributed by atoms with Gasteiger partial charge in [0.1, 0.15) is 0 Å². The first-order valence-corrected chi connectivity index (χ1v) is 7.65. The highest BCUT2D eigenvalue weighted by Gasteiger charge is 1.99. The van der Waals surface area contributed by atoms with Crippen LogP contribution in [0.5, 0.6) is 0 Å². The van der Waals surface area contributed by atoms with E-state index in [0.717, 1.165) is 31.9 Å². The van der Waals surface area contributed by atoms with Crippen molar-refractivity contribution in [2.24, 2.45) is 0 Å². The zero-order valence-corrected chi connectivity index (χ0v) is 12.6. The molecule has 0 aromatic heterocycles. The Hall–Kier alpha value is -0.510. The van der Waals surface area contributed by atoms with Crippen molar-refractivity contribution in [3.05, 3.63) is 29.8 Å². The smallest absolute Gasteiger partial charge is 0.0474 e. The van der Waals surface area contributed by atoms with E-state index < -0.39 is 0 Å². The summed E-state index contributed by atoms with van der Waals surface area (Å²) >= 11 is 1.91. The standard InChI is InChI=1S/C15H25NOS/c1-13(2)14-5-7-15(8-6-14)18-12-10-16-9-4-11-17-3/h5-8,13,16H,4,9-12H2,1-3H3. The molecule has 0 radical (unpaired) electrons. The average Bonchev–Trinajstić information content (AvgIpc) is 2.38. The predicted molar refractivity (Wildman–Crippen MR) is 80.6 cm³/mol. The maximum atomic E-state index is 5.00. The minimum absolute atomic E-state index is 0.617. The fourth-order valence-corrected chi connectivity index (χ4v) is 2.47. The molecule has 0 aliphatic heterocycles. The third kappa shape index (κ3) is 6.43. The van der Waals surface area contributed by atoms with Crippen LogP contribution < -0.4 is 5.32 Å². The molecule has 2 nitrogen and oxygen atoms in total. The molecule has 18 heavy (non-hydrogen) atoms. The maximum Gasteiger partial charge on any atom is 0.0474 e. The van der Waals surface area contributed by atoms with Crippen molar-refractivity contribution in [3.63, 3.8) is 0 Å². The summed E-state index contributed by atoms with van der Waals surface area (Å²) < 4.78 is 5.00. The lowest BCUT2D eigenvalue weighted by atomic mass is 10.0. The largest absolute Gasteiger partial charge is 0.385 e. The molecule has 0 heterocycles. The molecule has 102 valence electrons. The molecule has 0 aliphatic rings. The zero-order valence-electron chi connectivity index (χ0n) is 11.7. The third-order valence-electron chi connectivity index (χ3n) is 2.80. The highest BCUT2D eigenvalue weighted by atomic mass is 32.2. The SMILES string of the molecule is COCCCNCCSc1ccc(C(C)C)cc1. The second kappa shape index (κ2) is 9.42. The second-order valence-electron chi connectivity index (χ2n) is 4.67. The topological polar surface area (TPSA) is 21.3 Å². The molecule has 0 fully saturated rings. The molecule has 1 N–H and O–H groups in total. The lowest BCUT2D eigenvalue weighted by Gasteiger charge is -2.07. The van der Waals surface area contributed by atoms with Gasteiger partial charge in [-0.3, -0.25) is 0 Å². The molecule has 0 saturated heterocycles. The Morgan fingerprint density at radius 1 is 1.17 bits per heavy atom. The number of methoxy groups -OCH3 is 1. The highest BCUT2D eigenvalue weighted by molar-refractivity contribution is 7.99. The van der Waals surface area contributed by atoms with Gasteiger partial charge in [0.2, 0.25) is 0 Å². The summed E-state index contributed by atoms with van der Waals surface area (Å²) in [5.41, 5.74) is 1.41. The van der Waals surface area contributed by atoms with Gasteiger partial charge in [-0.05, 0) is 36.6 Å². The van der Waals surface area contributed by atoms with Gasteiger partial charge in [0.15, 0.2) is 0 Å². The van der Waals surface area contributed by atoms with Crippen molar-refractivity contribution in [1.29, 1.82) is 0 Å². The Balaban J connectivity index is 2.12. The van der Waals surface area contributed by atoms with Crippen LogP contribution in [-0.4, -0.2) is 32.6 Å². The lowest BCUT2D eigenvalue weighted by molar-refractivity contribution is 0.194. The minimum atomic E-state index is 0.617. The number of ether oxygens (including phenoxy) is 1. The maximum absolute atomic E-state index is 5.00. The molecular formula is C15H25NOS. The van der Waals surface area contributed by atoms with Crippen molar-refractivity contribution in [2.45, 2.75) is 31.1 Å². The number of rotatable bonds is 9. The first-order chi connectivity index (χ1) is 8.74. The van der Waals surface area contributed by atoms with Gasteiger partial charge >= 0.3 is 0 Å². The number of hydrogen-bond donors (Lipinski definition) is 1. The van der Waals surface area contributed by atoms with E-state index in [0.29, 0.717) is 5.92 Å². The minimum Gasteiger partial charge on any atom is -0.385 e. The van der Waals surface area contributed by atoms with Crippen LogP contribution in [0.1, 0.15) is 31.7 Å². The second-order valence-corrected chi connectivity index (χ2v) is 5.84. The van der Waals surface area contributed by atoms with Crippen LogP contribution in [0, 0.1) is 0 Å². The van der Waals surface area contributed by atoms with Gasteiger partial charge in [-0.2, -0.15) is 0 Å². The quantitative estimate of drug-likeness (QED) is 0.546. The van der Waals surface area contributed by atoms with E-state index in [1.807, 2.05) is 11.8 Å². The molecule has 3 heteroatoms. The summed E-state index contributed by atoms with van der Waals surface area (Å²) in [5.74, 6) is 1.74. The van der Waals surface area contributed by atoms with Gasteiger partial charge in [-0.25, -0.2) is 0 Å². The van der Waals surface area contributed by atoms with Crippen LogP contribution >= 0.6 is 11.8 Å². The number of nitrogens with one attached hydrogen (secondary N) is 1. The molecule has 0 bridgehead atoms. The van der Waals surface area contributed by atoms with E-state index in [1.165, 1.54) is 10.5 Å². The van der Waals surface area contributed by atoms with Crippen molar-refractivity contribution in [3.8, 4) is 0 Å². The molecule has 0 aliphatic carbocycles. The van der Waals surface area contributed by atoms with E-state index in [1.54, 1.807) is 7.11 Å². The Morgan fingerprint density at radius 3 is 2.50 bits per heavy atom. The van der Waals surface area contributed by atoms with Crippen LogP contribution in [0.15, 0.2) is 29.2 Å². The van der Waals surface area contributed by atoms with Gasteiger partial charge in [0.05, 0.1) is 0 Å². The molecule has 1 aromatic rings. The zero-order chi connectivity index (χ0) is 13.2. The van der Waals surface area contributed by atoms with E-state index >= 15 is 0 Å². The van der Waals surface area contributed by atoms with Gasteiger partial charge in [0, 0.05) is 30.9 Å². The van der Waals surface area contributed by atoms with Crippen LogP contribution in [0.3, 0.4) is 0 Å².